The van der Waals surface area contributed by atoms with Crippen LogP contribution in [0.1, 0.15) is 22.3 Å². The standard InChI is InChI=1S/C59H37NS/c1-2-18-41-38(16-1)17-13-24-42(41)39-34-36-40(37-35-39)60(54-31-11-6-21-45(54)47-25-14-26-48-46-22-7-12-33-56(46)61-58(47)48)55-32-15-30-53-57(55)49-23-5-10-29-52(49)59(53)50-27-8-3-19-43(50)44-20-4-9-28-51(44)59/h1-37H. The number of benzene rings is 10. The van der Waals surface area contributed by atoms with Crippen molar-refractivity contribution >= 4 is 59.3 Å². The lowest BCUT2D eigenvalue weighted by molar-refractivity contribution is 0.794. The average Bonchev–Trinajstić information content (AvgIpc) is 3.97. The lowest BCUT2D eigenvalue weighted by atomic mass is 9.70. The molecule has 0 bridgehead atoms. The van der Waals surface area contributed by atoms with Gasteiger partial charge in [0.1, 0.15) is 0 Å². The van der Waals surface area contributed by atoms with Crippen molar-refractivity contribution in [1.29, 1.82) is 0 Å². The quantitative estimate of drug-likeness (QED) is 0.168. The maximum atomic E-state index is 2.54. The van der Waals surface area contributed by atoms with Crippen LogP contribution in [-0.4, -0.2) is 0 Å². The Morgan fingerprint density at radius 2 is 0.836 bits per heavy atom. The Labute approximate surface area is 359 Å². The molecule has 10 aromatic carbocycles. The van der Waals surface area contributed by atoms with Crippen LogP contribution < -0.4 is 4.90 Å². The Bertz CT molecular complexity index is 3500. The third-order valence-electron chi connectivity index (χ3n) is 13.3. The molecule has 0 saturated carbocycles. The Balaban J connectivity index is 1.09. The molecule has 0 amide bonds. The highest BCUT2D eigenvalue weighted by Gasteiger charge is 2.52. The first-order chi connectivity index (χ1) is 30.3. The van der Waals surface area contributed by atoms with Gasteiger partial charge in [-0.2, -0.15) is 0 Å². The number of thiophene rings is 1. The Hall–Kier alpha value is -7.52. The van der Waals surface area contributed by atoms with Crippen molar-refractivity contribution < 1.29 is 0 Å². The van der Waals surface area contributed by atoms with E-state index in [1.807, 2.05) is 11.3 Å². The first kappa shape index (κ1) is 34.4. The molecule has 1 heterocycles. The number of para-hydroxylation sites is 1. The summed E-state index contributed by atoms with van der Waals surface area (Å²) >= 11 is 1.89. The van der Waals surface area contributed by atoms with Gasteiger partial charge in [0.25, 0.3) is 0 Å². The first-order valence-corrected chi connectivity index (χ1v) is 21.9. The summed E-state index contributed by atoms with van der Waals surface area (Å²) in [6, 6.07) is 83.5. The van der Waals surface area contributed by atoms with Crippen LogP contribution in [0, 0.1) is 0 Å². The highest BCUT2D eigenvalue weighted by Crippen LogP contribution is 2.65. The van der Waals surface area contributed by atoms with E-state index >= 15 is 0 Å². The second kappa shape index (κ2) is 13.2. The molecule has 0 saturated heterocycles. The molecule has 0 radical (unpaired) electrons. The fourth-order valence-electron chi connectivity index (χ4n) is 10.8. The largest absolute Gasteiger partial charge is 0.309 e. The summed E-state index contributed by atoms with van der Waals surface area (Å²) in [6.07, 6.45) is 0. The summed E-state index contributed by atoms with van der Waals surface area (Å²) < 4.78 is 2.62. The van der Waals surface area contributed by atoms with Gasteiger partial charge in [0.15, 0.2) is 0 Å². The zero-order valence-electron chi connectivity index (χ0n) is 33.2. The number of rotatable bonds is 5. The van der Waals surface area contributed by atoms with Gasteiger partial charge < -0.3 is 4.90 Å². The summed E-state index contributed by atoms with van der Waals surface area (Å²) in [4.78, 5) is 2.54. The van der Waals surface area contributed by atoms with E-state index in [0.717, 1.165) is 17.1 Å². The van der Waals surface area contributed by atoms with Crippen molar-refractivity contribution in [3.63, 3.8) is 0 Å². The van der Waals surface area contributed by atoms with Gasteiger partial charge in [-0.05, 0) is 91.2 Å². The summed E-state index contributed by atoms with van der Waals surface area (Å²) in [7, 11) is 0. The molecule has 0 atom stereocenters. The lowest BCUT2D eigenvalue weighted by Crippen LogP contribution is -2.26. The number of nitrogens with zero attached hydrogens (tertiary/aromatic N) is 1. The van der Waals surface area contributed by atoms with Crippen LogP contribution in [0.15, 0.2) is 224 Å². The van der Waals surface area contributed by atoms with Crippen LogP contribution in [0.5, 0.6) is 0 Å². The molecule has 0 aliphatic heterocycles. The summed E-state index contributed by atoms with van der Waals surface area (Å²) in [5.74, 6) is 0. The van der Waals surface area contributed by atoms with Crippen LogP contribution >= 0.6 is 11.3 Å². The van der Waals surface area contributed by atoms with Crippen molar-refractivity contribution in [3.05, 3.63) is 247 Å². The van der Waals surface area contributed by atoms with Gasteiger partial charge in [0.2, 0.25) is 0 Å². The number of fused-ring (bicyclic) bond motifs is 14. The molecular weight excluding hydrogens is 755 g/mol. The second-order valence-corrected chi connectivity index (χ2v) is 17.3. The molecule has 13 rings (SSSR count). The van der Waals surface area contributed by atoms with Crippen LogP contribution in [0.4, 0.5) is 17.1 Å². The Kier molecular flexibility index (Phi) is 7.46. The Morgan fingerprint density at radius 1 is 0.328 bits per heavy atom. The van der Waals surface area contributed by atoms with E-state index in [0.29, 0.717) is 0 Å². The van der Waals surface area contributed by atoms with Crippen molar-refractivity contribution in [2.45, 2.75) is 5.41 Å². The van der Waals surface area contributed by atoms with Gasteiger partial charge in [0, 0.05) is 42.6 Å². The molecule has 11 aromatic rings. The predicted molar refractivity (Wildman–Crippen MR) is 259 cm³/mol. The summed E-state index contributed by atoms with van der Waals surface area (Å²) in [5, 5.41) is 5.12. The second-order valence-electron chi connectivity index (χ2n) is 16.3. The zero-order valence-corrected chi connectivity index (χ0v) is 34.0. The van der Waals surface area contributed by atoms with E-state index in [-0.39, 0.29) is 0 Å². The highest BCUT2D eigenvalue weighted by atomic mass is 32.1. The van der Waals surface area contributed by atoms with Crippen molar-refractivity contribution in [2.24, 2.45) is 0 Å². The highest BCUT2D eigenvalue weighted by molar-refractivity contribution is 7.26. The monoisotopic (exact) mass is 791 g/mol. The zero-order chi connectivity index (χ0) is 40.1. The van der Waals surface area contributed by atoms with Gasteiger partial charge in [0.05, 0.1) is 16.8 Å². The van der Waals surface area contributed by atoms with Gasteiger partial charge in [-0.1, -0.05) is 194 Å². The topological polar surface area (TPSA) is 3.24 Å². The maximum absolute atomic E-state index is 2.54. The molecule has 1 aromatic heterocycles. The first-order valence-electron chi connectivity index (χ1n) is 21.1. The average molecular weight is 792 g/mol. The normalized spacial score (nSPS) is 13.0. The van der Waals surface area contributed by atoms with E-state index in [4.69, 9.17) is 0 Å². The Morgan fingerprint density at radius 3 is 1.62 bits per heavy atom. The number of anilines is 3. The maximum Gasteiger partial charge on any atom is 0.0726 e. The van der Waals surface area contributed by atoms with Crippen LogP contribution in [0.2, 0.25) is 0 Å². The van der Waals surface area contributed by atoms with E-state index < -0.39 is 5.41 Å². The van der Waals surface area contributed by atoms with Crippen molar-refractivity contribution in [3.8, 4) is 44.5 Å². The minimum absolute atomic E-state index is 0.443. The van der Waals surface area contributed by atoms with Crippen LogP contribution in [0.25, 0.3) is 75.5 Å². The molecular formula is C59H37NS. The molecule has 0 unspecified atom stereocenters. The third-order valence-corrected chi connectivity index (χ3v) is 14.5. The summed E-state index contributed by atoms with van der Waals surface area (Å²) in [5.41, 5.74) is 18.4. The molecule has 1 spiro atoms. The lowest BCUT2D eigenvalue weighted by Gasteiger charge is -2.32. The molecule has 61 heavy (non-hydrogen) atoms. The number of hydrogen-bond donors (Lipinski definition) is 0. The molecule has 1 nitrogen and oxygen atoms in total. The molecule has 0 N–H and O–H groups in total. The van der Waals surface area contributed by atoms with Gasteiger partial charge in [-0.25, -0.2) is 0 Å². The number of hydrogen-bond acceptors (Lipinski definition) is 2. The van der Waals surface area contributed by atoms with Crippen molar-refractivity contribution in [1.82, 2.24) is 0 Å². The predicted octanol–water partition coefficient (Wildman–Crippen LogP) is 16.4. The molecule has 284 valence electrons. The van der Waals surface area contributed by atoms with Crippen molar-refractivity contribution in [2.75, 3.05) is 4.90 Å². The van der Waals surface area contributed by atoms with Crippen LogP contribution in [-0.2, 0) is 5.41 Å². The minimum Gasteiger partial charge on any atom is -0.309 e. The van der Waals surface area contributed by atoms with Gasteiger partial charge in [-0.3, -0.25) is 0 Å². The molecule has 2 heteroatoms. The molecule has 2 aliphatic carbocycles. The van der Waals surface area contributed by atoms with E-state index in [2.05, 4.69) is 229 Å². The SMILES string of the molecule is c1ccc(N(c2ccc(-c3cccc4ccccc34)cc2)c2cccc3c2-c2ccccc2C32c3ccccc3-c3ccccc32)c(-c2cccc3c2sc2ccccc23)c1. The molecule has 2 aliphatic rings. The fraction of sp³-hybridized carbons (Fsp3) is 0.0169. The minimum atomic E-state index is -0.443. The van der Waals surface area contributed by atoms with Crippen LogP contribution in [0.3, 0.4) is 0 Å². The van der Waals surface area contributed by atoms with E-state index in [1.54, 1.807) is 0 Å². The smallest absolute Gasteiger partial charge is 0.0726 e. The van der Waals surface area contributed by atoms with Gasteiger partial charge in [-0.15, -0.1) is 11.3 Å². The summed E-state index contributed by atoms with van der Waals surface area (Å²) in [6.45, 7) is 0. The third kappa shape index (κ3) is 4.83. The fourth-order valence-corrected chi connectivity index (χ4v) is 12.1. The van der Waals surface area contributed by atoms with Gasteiger partial charge >= 0.3 is 0 Å². The van der Waals surface area contributed by atoms with E-state index in [9.17, 15) is 0 Å². The molecule has 0 fully saturated rings. The van der Waals surface area contributed by atoms with E-state index in [1.165, 1.54) is 97.7 Å².